The highest BCUT2D eigenvalue weighted by Crippen LogP contribution is 2.27. The van der Waals surface area contributed by atoms with Gasteiger partial charge in [0.25, 0.3) is 0 Å². The number of likely N-dealkylation sites (tertiary alicyclic amines) is 1. The minimum atomic E-state index is -0.444. The summed E-state index contributed by atoms with van der Waals surface area (Å²) in [5.74, 6) is 0.803. The molecule has 0 N–H and O–H groups in total. The van der Waals surface area contributed by atoms with Crippen molar-refractivity contribution >= 4 is 12.0 Å². The zero-order valence-corrected chi connectivity index (χ0v) is 11.7. The number of carbonyl (C=O) groups is 2. The Kier molecular flexibility index (Phi) is 5.67. The van der Waals surface area contributed by atoms with Crippen LogP contribution in [0, 0.1) is 5.92 Å². The molecule has 1 aliphatic carbocycles. The molecular weight excluding hydrogens is 242 g/mol. The SMILES string of the molecule is O=C1CCCN1C(=O)OCCCCC1CCCCC1. The van der Waals surface area contributed by atoms with Crippen LogP contribution in [0.25, 0.3) is 0 Å². The summed E-state index contributed by atoms with van der Waals surface area (Å²) in [7, 11) is 0. The quantitative estimate of drug-likeness (QED) is 0.716. The van der Waals surface area contributed by atoms with Gasteiger partial charge in [-0.3, -0.25) is 4.79 Å². The zero-order valence-electron chi connectivity index (χ0n) is 11.7. The molecule has 1 saturated carbocycles. The second-order valence-corrected chi connectivity index (χ2v) is 5.76. The van der Waals surface area contributed by atoms with E-state index in [0.29, 0.717) is 19.6 Å². The first-order valence-electron chi connectivity index (χ1n) is 7.74. The second-order valence-electron chi connectivity index (χ2n) is 5.76. The van der Waals surface area contributed by atoms with Crippen molar-refractivity contribution < 1.29 is 14.3 Å². The number of rotatable bonds is 5. The molecule has 2 aliphatic rings. The smallest absolute Gasteiger partial charge is 0.416 e. The highest BCUT2D eigenvalue weighted by atomic mass is 16.6. The largest absolute Gasteiger partial charge is 0.449 e. The van der Waals surface area contributed by atoms with Crippen LogP contribution in [-0.4, -0.2) is 30.1 Å². The number of hydrogen-bond donors (Lipinski definition) is 0. The van der Waals surface area contributed by atoms with Crippen LogP contribution in [0.15, 0.2) is 0 Å². The zero-order chi connectivity index (χ0) is 13.5. The molecule has 2 fully saturated rings. The summed E-state index contributed by atoms with van der Waals surface area (Å²) in [5, 5.41) is 0. The number of hydrogen-bond acceptors (Lipinski definition) is 3. The maximum atomic E-state index is 11.6. The van der Waals surface area contributed by atoms with Crippen LogP contribution in [0.1, 0.15) is 64.2 Å². The minimum absolute atomic E-state index is 0.0906. The summed E-state index contributed by atoms with van der Waals surface area (Å²) < 4.78 is 5.15. The van der Waals surface area contributed by atoms with Crippen LogP contribution >= 0.6 is 0 Å². The Balaban J connectivity index is 1.51. The number of imide groups is 1. The fraction of sp³-hybridized carbons (Fsp3) is 0.867. The molecule has 0 spiro atoms. The molecule has 0 aromatic carbocycles. The van der Waals surface area contributed by atoms with Gasteiger partial charge in [-0.15, -0.1) is 0 Å². The molecule has 2 rings (SSSR count). The lowest BCUT2D eigenvalue weighted by atomic mass is 9.86. The van der Waals surface area contributed by atoms with Gasteiger partial charge in [0, 0.05) is 13.0 Å². The number of amides is 2. The van der Waals surface area contributed by atoms with E-state index >= 15 is 0 Å². The van der Waals surface area contributed by atoms with Gasteiger partial charge >= 0.3 is 6.09 Å². The van der Waals surface area contributed by atoms with Crippen molar-refractivity contribution in [3.63, 3.8) is 0 Å². The Morgan fingerprint density at radius 2 is 1.95 bits per heavy atom. The van der Waals surface area contributed by atoms with E-state index in [4.69, 9.17) is 4.74 Å². The van der Waals surface area contributed by atoms with Gasteiger partial charge < -0.3 is 4.74 Å². The third-order valence-corrected chi connectivity index (χ3v) is 4.25. The maximum Gasteiger partial charge on any atom is 0.416 e. The molecule has 1 saturated heterocycles. The average Bonchev–Trinajstić information content (AvgIpc) is 2.86. The molecular formula is C15H25NO3. The standard InChI is InChI=1S/C15H25NO3/c17-14-10-6-11-16(14)15(18)19-12-5-4-9-13-7-2-1-3-8-13/h13H,1-12H2. The van der Waals surface area contributed by atoms with Crippen LogP contribution in [-0.2, 0) is 9.53 Å². The van der Waals surface area contributed by atoms with E-state index in [1.165, 1.54) is 43.4 Å². The molecule has 108 valence electrons. The Hall–Kier alpha value is -1.06. The molecule has 1 aliphatic heterocycles. The van der Waals surface area contributed by atoms with Crippen molar-refractivity contribution in [2.24, 2.45) is 5.92 Å². The van der Waals surface area contributed by atoms with E-state index < -0.39 is 6.09 Å². The normalized spacial score (nSPS) is 20.8. The monoisotopic (exact) mass is 267 g/mol. The summed E-state index contributed by atoms with van der Waals surface area (Å²) in [5.41, 5.74) is 0. The fourth-order valence-corrected chi connectivity index (χ4v) is 3.09. The van der Waals surface area contributed by atoms with E-state index in [1.54, 1.807) is 0 Å². The molecule has 1 heterocycles. The summed E-state index contributed by atoms with van der Waals surface area (Å²) in [4.78, 5) is 24.2. The molecule has 4 heteroatoms. The van der Waals surface area contributed by atoms with Crippen LogP contribution < -0.4 is 0 Å². The van der Waals surface area contributed by atoms with Gasteiger partial charge in [0.1, 0.15) is 0 Å². The lowest BCUT2D eigenvalue weighted by molar-refractivity contribution is -0.126. The summed E-state index contributed by atoms with van der Waals surface area (Å²) >= 11 is 0. The Morgan fingerprint density at radius 1 is 1.16 bits per heavy atom. The van der Waals surface area contributed by atoms with Crippen molar-refractivity contribution in [1.29, 1.82) is 0 Å². The summed E-state index contributed by atoms with van der Waals surface area (Å²) in [6.07, 6.45) is 11.1. The fourth-order valence-electron chi connectivity index (χ4n) is 3.09. The van der Waals surface area contributed by atoms with Crippen LogP contribution in [0.2, 0.25) is 0 Å². The maximum absolute atomic E-state index is 11.6. The van der Waals surface area contributed by atoms with Gasteiger partial charge in [0.15, 0.2) is 0 Å². The minimum Gasteiger partial charge on any atom is -0.449 e. The summed E-state index contributed by atoms with van der Waals surface area (Å²) in [6, 6.07) is 0. The van der Waals surface area contributed by atoms with E-state index in [9.17, 15) is 9.59 Å². The highest BCUT2D eigenvalue weighted by molar-refractivity contribution is 5.93. The van der Waals surface area contributed by atoms with E-state index in [1.807, 2.05) is 0 Å². The van der Waals surface area contributed by atoms with Gasteiger partial charge in [-0.05, 0) is 25.2 Å². The number of ether oxygens (including phenoxy) is 1. The van der Waals surface area contributed by atoms with Crippen LogP contribution in [0.4, 0.5) is 4.79 Å². The first-order chi connectivity index (χ1) is 9.27. The van der Waals surface area contributed by atoms with Gasteiger partial charge in [-0.25, -0.2) is 9.69 Å². The molecule has 4 nitrogen and oxygen atoms in total. The van der Waals surface area contributed by atoms with E-state index in [-0.39, 0.29) is 5.91 Å². The molecule has 0 radical (unpaired) electrons. The van der Waals surface area contributed by atoms with Crippen LogP contribution in [0.3, 0.4) is 0 Å². The first kappa shape index (κ1) is 14.4. The van der Waals surface area contributed by atoms with Gasteiger partial charge in [0.2, 0.25) is 5.91 Å². The lowest BCUT2D eigenvalue weighted by Gasteiger charge is -2.21. The highest BCUT2D eigenvalue weighted by Gasteiger charge is 2.27. The van der Waals surface area contributed by atoms with Gasteiger partial charge in [-0.2, -0.15) is 0 Å². The topological polar surface area (TPSA) is 46.6 Å². The third kappa shape index (κ3) is 4.51. The molecule has 2 amide bonds. The Labute approximate surface area is 115 Å². The Bertz CT molecular complexity index is 311. The average molecular weight is 267 g/mol. The van der Waals surface area contributed by atoms with E-state index in [2.05, 4.69) is 0 Å². The third-order valence-electron chi connectivity index (χ3n) is 4.25. The van der Waals surface area contributed by atoms with Crippen molar-refractivity contribution in [2.45, 2.75) is 64.2 Å². The van der Waals surface area contributed by atoms with Crippen molar-refractivity contribution in [1.82, 2.24) is 4.90 Å². The number of nitrogens with zero attached hydrogens (tertiary/aromatic N) is 1. The lowest BCUT2D eigenvalue weighted by Crippen LogP contribution is -2.32. The van der Waals surface area contributed by atoms with Crippen LogP contribution in [0.5, 0.6) is 0 Å². The predicted octanol–water partition coefficient (Wildman–Crippen LogP) is 3.50. The molecule has 0 aromatic rings. The van der Waals surface area contributed by atoms with Crippen molar-refractivity contribution in [3.05, 3.63) is 0 Å². The predicted molar refractivity (Wildman–Crippen MR) is 72.7 cm³/mol. The van der Waals surface area contributed by atoms with Crippen molar-refractivity contribution in [2.75, 3.05) is 13.2 Å². The molecule has 0 bridgehead atoms. The van der Waals surface area contributed by atoms with Gasteiger partial charge in [-0.1, -0.05) is 38.5 Å². The van der Waals surface area contributed by atoms with E-state index in [0.717, 1.165) is 25.2 Å². The molecule has 0 atom stereocenters. The molecule has 19 heavy (non-hydrogen) atoms. The summed E-state index contributed by atoms with van der Waals surface area (Å²) in [6.45, 7) is 0.981. The molecule has 0 aromatic heterocycles. The molecule has 0 unspecified atom stereocenters. The van der Waals surface area contributed by atoms with Crippen molar-refractivity contribution in [3.8, 4) is 0 Å². The number of unbranched alkanes of at least 4 members (excludes halogenated alkanes) is 1. The van der Waals surface area contributed by atoms with Gasteiger partial charge in [0.05, 0.1) is 6.61 Å². The second kappa shape index (κ2) is 7.51. The Morgan fingerprint density at radius 3 is 2.63 bits per heavy atom. The first-order valence-corrected chi connectivity index (χ1v) is 7.74. The number of carbonyl (C=O) groups excluding carboxylic acids is 2.